The van der Waals surface area contributed by atoms with Crippen LogP contribution in [0.1, 0.15) is 28.7 Å². The molecule has 0 radical (unpaired) electrons. The van der Waals surface area contributed by atoms with E-state index in [4.69, 9.17) is 0 Å². The van der Waals surface area contributed by atoms with E-state index in [2.05, 4.69) is 15.2 Å². The predicted octanol–water partition coefficient (Wildman–Crippen LogP) is 3.61. The molecule has 1 amide bonds. The lowest BCUT2D eigenvalue weighted by Gasteiger charge is -2.20. The van der Waals surface area contributed by atoms with Gasteiger partial charge in [0, 0.05) is 18.7 Å². The molecule has 2 heterocycles. The molecule has 1 N–H and O–H groups in total. The van der Waals surface area contributed by atoms with Crippen LogP contribution >= 0.6 is 0 Å². The Morgan fingerprint density at radius 1 is 1.18 bits per heavy atom. The fourth-order valence-electron chi connectivity index (χ4n) is 3.19. The monoisotopic (exact) mass is 377 g/mol. The van der Waals surface area contributed by atoms with Crippen molar-refractivity contribution < 1.29 is 9.18 Å². The van der Waals surface area contributed by atoms with Gasteiger partial charge in [-0.2, -0.15) is 5.10 Å². The van der Waals surface area contributed by atoms with Gasteiger partial charge in [-0.05, 0) is 31.2 Å². The van der Waals surface area contributed by atoms with E-state index in [-0.39, 0.29) is 18.3 Å². The van der Waals surface area contributed by atoms with Crippen molar-refractivity contribution in [3.05, 3.63) is 83.7 Å². The number of rotatable bonds is 6. The van der Waals surface area contributed by atoms with E-state index in [0.29, 0.717) is 24.3 Å². The number of hydrogen-bond donors (Lipinski definition) is 1. The van der Waals surface area contributed by atoms with Crippen LogP contribution in [-0.4, -0.2) is 37.1 Å². The molecule has 0 atom stereocenters. The van der Waals surface area contributed by atoms with Gasteiger partial charge in [0.1, 0.15) is 11.5 Å². The second-order valence-electron chi connectivity index (χ2n) is 6.55. The highest BCUT2D eigenvalue weighted by atomic mass is 19.1. The van der Waals surface area contributed by atoms with Gasteiger partial charge >= 0.3 is 0 Å². The molecule has 4 rings (SSSR count). The third-order valence-corrected chi connectivity index (χ3v) is 4.71. The highest BCUT2D eigenvalue weighted by Crippen LogP contribution is 2.15. The number of nitrogens with zero attached hydrogens (tertiary/aromatic N) is 4. The number of halogens is 1. The van der Waals surface area contributed by atoms with Gasteiger partial charge in [-0.1, -0.05) is 30.3 Å². The lowest BCUT2D eigenvalue weighted by Crippen LogP contribution is -2.31. The summed E-state index contributed by atoms with van der Waals surface area (Å²) in [5.41, 5.74) is 3.53. The zero-order chi connectivity index (χ0) is 19.5. The van der Waals surface area contributed by atoms with Crippen molar-refractivity contribution in [3.8, 4) is 0 Å². The van der Waals surface area contributed by atoms with E-state index in [1.165, 1.54) is 6.07 Å². The molecule has 0 fully saturated rings. The minimum Gasteiger partial charge on any atom is -0.333 e. The summed E-state index contributed by atoms with van der Waals surface area (Å²) < 4.78 is 15.9. The number of carbonyl (C=O) groups is 1. The molecule has 4 aromatic rings. The summed E-state index contributed by atoms with van der Waals surface area (Å²) in [5, 5.41) is 7.09. The maximum atomic E-state index is 13.9. The summed E-state index contributed by atoms with van der Waals surface area (Å²) >= 11 is 0. The maximum absolute atomic E-state index is 13.9. The van der Waals surface area contributed by atoms with Crippen molar-refractivity contribution >= 4 is 16.9 Å². The zero-order valence-corrected chi connectivity index (χ0v) is 15.5. The Bertz CT molecular complexity index is 1120. The molecule has 142 valence electrons. The number of amides is 1. The predicted molar refractivity (Wildman–Crippen MR) is 104 cm³/mol. The van der Waals surface area contributed by atoms with Crippen molar-refractivity contribution in [1.29, 1.82) is 0 Å². The van der Waals surface area contributed by atoms with Gasteiger partial charge in [0.2, 0.25) is 0 Å². The van der Waals surface area contributed by atoms with Crippen LogP contribution < -0.4 is 0 Å². The van der Waals surface area contributed by atoms with Gasteiger partial charge in [-0.3, -0.25) is 9.89 Å². The average molecular weight is 377 g/mol. The van der Waals surface area contributed by atoms with Gasteiger partial charge in [0.15, 0.2) is 0 Å². The van der Waals surface area contributed by atoms with Gasteiger partial charge in [-0.15, -0.1) is 0 Å². The van der Waals surface area contributed by atoms with Crippen LogP contribution in [0.3, 0.4) is 0 Å². The molecule has 7 heteroatoms. The molecule has 0 saturated carbocycles. The zero-order valence-electron chi connectivity index (χ0n) is 15.5. The smallest absolute Gasteiger partial charge is 0.274 e. The number of aromatic nitrogens is 4. The Labute approximate surface area is 161 Å². The standard InChI is InChI=1S/C21H20FN5O/c1-2-26(12-15-7-3-4-8-17(15)22)21(28)19-11-16(24-25-19)13-27-14-23-18-9-5-6-10-20(18)27/h3-11,14H,2,12-13H2,1H3,(H,24,25). The largest absolute Gasteiger partial charge is 0.333 e. The van der Waals surface area contributed by atoms with Crippen molar-refractivity contribution in [2.75, 3.05) is 6.54 Å². The van der Waals surface area contributed by atoms with Crippen LogP contribution in [0.2, 0.25) is 0 Å². The summed E-state index contributed by atoms with van der Waals surface area (Å²) in [6, 6.07) is 16.1. The Morgan fingerprint density at radius 2 is 1.96 bits per heavy atom. The fourth-order valence-corrected chi connectivity index (χ4v) is 3.19. The molecule has 28 heavy (non-hydrogen) atoms. The number of hydrogen-bond acceptors (Lipinski definition) is 3. The Balaban J connectivity index is 1.51. The molecule has 0 aliphatic rings. The molecule has 0 aliphatic carbocycles. The van der Waals surface area contributed by atoms with E-state index in [9.17, 15) is 9.18 Å². The number of para-hydroxylation sites is 2. The lowest BCUT2D eigenvalue weighted by molar-refractivity contribution is 0.0745. The number of nitrogens with one attached hydrogen (secondary N) is 1. The molecule has 0 spiro atoms. The van der Waals surface area contributed by atoms with E-state index < -0.39 is 0 Å². The SMILES string of the molecule is CCN(Cc1ccccc1F)C(=O)c1cc(Cn2cnc3ccccc32)[nH]n1. The Kier molecular flexibility index (Phi) is 4.89. The molecule has 6 nitrogen and oxygen atoms in total. The van der Waals surface area contributed by atoms with Gasteiger partial charge < -0.3 is 9.47 Å². The number of H-pyrrole nitrogens is 1. The van der Waals surface area contributed by atoms with Crippen molar-refractivity contribution in [3.63, 3.8) is 0 Å². The van der Waals surface area contributed by atoms with Crippen LogP contribution in [0.15, 0.2) is 60.9 Å². The van der Waals surface area contributed by atoms with Crippen LogP contribution in [0.5, 0.6) is 0 Å². The van der Waals surface area contributed by atoms with Gasteiger partial charge in [-0.25, -0.2) is 9.37 Å². The second kappa shape index (κ2) is 7.64. The number of aromatic amines is 1. The summed E-state index contributed by atoms with van der Waals surface area (Å²) in [6.45, 7) is 3.06. The fraction of sp³-hybridized carbons (Fsp3) is 0.190. The topological polar surface area (TPSA) is 66.8 Å². The van der Waals surface area contributed by atoms with Crippen molar-refractivity contribution in [2.45, 2.75) is 20.0 Å². The first-order valence-corrected chi connectivity index (χ1v) is 9.12. The first-order valence-electron chi connectivity index (χ1n) is 9.12. The quantitative estimate of drug-likeness (QED) is 0.558. The molecule has 2 aromatic carbocycles. The first-order chi connectivity index (χ1) is 13.7. The van der Waals surface area contributed by atoms with E-state index in [0.717, 1.165) is 16.7 Å². The van der Waals surface area contributed by atoms with Gasteiger partial charge in [0.25, 0.3) is 5.91 Å². The number of benzene rings is 2. The molecule has 0 bridgehead atoms. The minimum absolute atomic E-state index is 0.205. The lowest BCUT2D eigenvalue weighted by atomic mass is 10.2. The van der Waals surface area contributed by atoms with E-state index in [1.807, 2.05) is 35.8 Å². The van der Waals surface area contributed by atoms with Crippen LogP contribution in [0.25, 0.3) is 11.0 Å². The highest BCUT2D eigenvalue weighted by Gasteiger charge is 2.19. The molecule has 0 saturated heterocycles. The average Bonchev–Trinajstić information content (AvgIpc) is 3.35. The first kappa shape index (κ1) is 17.9. The number of fused-ring (bicyclic) bond motifs is 1. The van der Waals surface area contributed by atoms with Crippen LogP contribution in [0.4, 0.5) is 4.39 Å². The maximum Gasteiger partial charge on any atom is 0.274 e. The third-order valence-electron chi connectivity index (χ3n) is 4.71. The number of imidazole rings is 1. The summed E-state index contributed by atoms with van der Waals surface area (Å²) in [7, 11) is 0. The minimum atomic E-state index is -0.316. The molecule has 2 aromatic heterocycles. The Hall–Kier alpha value is -3.48. The van der Waals surface area contributed by atoms with Crippen molar-refractivity contribution in [2.24, 2.45) is 0 Å². The van der Waals surface area contributed by atoms with Crippen molar-refractivity contribution in [1.82, 2.24) is 24.6 Å². The summed E-state index contributed by atoms with van der Waals surface area (Å²) in [4.78, 5) is 18.8. The second-order valence-corrected chi connectivity index (χ2v) is 6.55. The van der Waals surface area contributed by atoms with Gasteiger partial charge in [0.05, 0.1) is 29.6 Å². The van der Waals surface area contributed by atoms with Crippen LogP contribution in [0, 0.1) is 5.82 Å². The molecule has 0 unspecified atom stereocenters. The molecule has 0 aliphatic heterocycles. The summed E-state index contributed by atoms with van der Waals surface area (Å²) in [6.07, 6.45) is 1.77. The van der Waals surface area contributed by atoms with Crippen LogP contribution in [-0.2, 0) is 13.1 Å². The summed E-state index contributed by atoms with van der Waals surface area (Å²) in [5.74, 6) is -0.549. The normalized spacial score (nSPS) is 11.1. The third kappa shape index (κ3) is 3.51. The Morgan fingerprint density at radius 3 is 2.79 bits per heavy atom. The highest BCUT2D eigenvalue weighted by molar-refractivity contribution is 5.92. The molecular weight excluding hydrogens is 357 g/mol. The molecular formula is C21H20FN5O. The number of carbonyl (C=O) groups excluding carboxylic acids is 1. The van der Waals surface area contributed by atoms with E-state index in [1.54, 1.807) is 35.5 Å². The van der Waals surface area contributed by atoms with E-state index >= 15 is 0 Å².